The van der Waals surface area contributed by atoms with Crippen molar-refractivity contribution in [2.45, 2.75) is 11.8 Å². The Kier molecular flexibility index (Phi) is 5.86. The zero-order valence-corrected chi connectivity index (χ0v) is 17.2. The van der Waals surface area contributed by atoms with Crippen molar-refractivity contribution in [1.29, 1.82) is 0 Å². The summed E-state index contributed by atoms with van der Waals surface area (Å²) in [6.45, 7) is 1.56. The number of thiazole rings is 1. The minimum atomic E-state index is -3.38. The molecule has 2 aromatic carbocycles. The summed E-state index contributed by atoms with van der Waals surface area (Å²) in [6, 6.07) is 11.1. The Hall–Kier alpha value is -1.93. The van der Waals surface area contributed by atoms with Crippen LogP contribution in [-0.4, -0.2) is 25.1 Å². The lowest BCUT2D eigenvalue weighted by Crippen LogP contribution is -2.13. The summed E-state index contributed by atoms with van der Waals surface area (Å²) in [5, 5.41) is 5.73. The Morgan fingerprint density at radius 3 is 2.63 bits per heavy atom. The molecule has 5 nitrogen and oxygen atoms in total. The fourth-order valence-electron chi connectivity index (χ4n) is 2.29. The highest BCUT2D eigenvalue weighted by atomic mass is 35.5. The predicted molar refractivity (Wildman–Crippen MR) is 110 cm³/mol. The standard InChI is InChI=1S/C18H14Cl2N2O3S2/c1-2-27(24,25)13-5-3-4-12(8-13)17(23)22-18-21-16(10-26-18)11-6-7-14(19)15(20)9-11/h3-10H,2H2,1H3,(H,21,22,23). The van der Waals surface area contributed by atoms with Crippen LogP contribution in [-0.2, 0) is 9.84 Å². The number of hydrogen-bond acceptors (Lipinski definition) is 5. The topological polar surface area (TPSA) is 76.1 Å². The molecule has 1 N–H and O–H groups in total. The maximum atomic E-state index is 12.4. The number of amides is 1. The lowest BCUT2D eigenvalue weighted by atomic mass is 10.2. The number of aromatic nitrogens is 1. The van der Waals surface area contributed by atoms with Crippen molar-refractivity contribution in [3.05, 3.63) is 63.5 Å². The van der Waals surface area contributed by atoms with Crippen LogP contribution in [0.4, 0.5) is 5.13 Å². The highest BCUT2D eigenvalue weighted by Crippen LogP contribution is 2.30. The monoisotopic (exact) mass is 440 g/mol. The van der Waals surface area contributed by atoms with Crippen molar-refractivity contribution in [2.24, 2.45) is 0 Å². The first kappa shape index (κ1) is 19.8. The molecule has 0 fully saturated rings. The van der Waals surface area contributed by atoms with E-state index in [1.165, 1.54) is 23.5 Å². The van der Waals surface area contributed by atoms with Crippen LogP contribution in [0.25, 0.3) is 11.3 Å². The zero-order valence-electron chi connectivity index (χ0n) is 14.1. The van der Waals surface area contributed by atoms with Gasteiger partial charge in [-0.1, -0.05) is 42.3 Å². The molecule has 27 heavy (non-hydrogen) atoms. The molecule has 0 radical (unpaired) electrons. The van der Waals surface area contributed by atoms with Crippen molar-refractivity contribution in [2.75, 3.05) is 11.1 Å². The molecule has 3 rings (SSSR count). The second-order valence-electron chi connectivity index (χ2n) is 5.55. The number of benzene rings is 2. The molecular weight excluding hydrogens is 427 g/mol. The molecule has 0 saturated carbocycles. The Morgan fingerprint density at radius 1 is 1.15 bits per heavy atom. The number of nitrogens with zero attached hydrogens (tertiary/aromatic N) is 1. The van der Waals surface area contributed by atoms with Crippen LogP contribution < -0.4 is 5.32 Å². The fraction of sp³-hybridized carbons (Fsp3) is 0.111. The molecular formula is C18H14Cl2N2O3S2. The molecule has 0 aliphatic heterocycles. The number of nitrogens with one attached hydrogen (secondary N) is 1. The number of carbonyl (C=O) groups excluding carboxylic acids is 1. The van der Waals surface area contributed by atoms with Crippen LogP contribution >= 0.6 is 34.5 Å². The Morgan fingerprint density at radius 2 is 1.93 bits per heavy atom. The largest absolute Gasteiger partial charge is 0.298 e. The van der Waals surface area contributed by atoms with Crippen LogP contribution in [0, 0.1) is 0 Å². The van der Waals surface area contributed by atoms with E-state index in [4.69, 9.17) is 23.2 Å². The van der Waals surface area contributed by atoms with E-state index in [0.717, 1.165) is 5.56 Å². The molecule has 140 valence electrons. The number of halogens is 2. The van der Waals surface area contributed by atoms with Gasteiger partial charge in [0.1, 0.15) is 0 Å². The van der Waals surface area contributed by atoms with Gasteiger partial charge in [-0.2, -0.15) is 0 Å². The maximum absolute atomic E-state index is 12.4. The van der Waals surface area contributed by atoms with Crippen LogP contribution in [0.5, 0.6) is 0 Å². The van der Waals surface area contributed by atoms with Gasteiger partial charge in [-0.15, -0.1) is 11.3 Å². The Balaban J connectivity index is 1.80. The van der Waals surface area contributed by atoms with Crippen molar-refractivity contribution >= 4 is 55.4 Å². The molecule has 3 aromatic rings. The lowest BCUT2D eigenvalue weighted by Gasteiger charge is -2.05. The van der Waals surface area contributed by atoms with Gasteiger partial charge < -0.3 is 0 Å². The minimum Gasteiger partial charge on any atom is -0.298 e. The molecule has 0 aliphatic rings. The summed E-state index contributed by atoms with van der Waals surface area (Å²) in [5.74, 6) is -0.462. The van der Waals surface area contributed by atoms with Crippen molar-refractivity contribution in [3.63, 3.8) is 0 Å². The van der Waals surface area contributed by atoms with Crippen LogP contribution in [0.2, 0.25) is 10.0 Å². The summed E-state index contributed by atoms with van der Waals surface area (Å²) in [5.41, 5.74) is 1.67. The fourth-order valence-corrected chi connectivity index (χ4v) is 4.22. The lowest BCUT2D eigenvalue weighted by molar-refractivity contribution is 0.102. The van der Waals surface area contributed by atoms with Gasteiger partial charge in [-0.05, 0) is 30.3 Å². The second kappa shape index (κ2) is 7.98. The number of anilines is 1. The van der Waals surface area contributed by atoms with E-state index in [2.05, 4.69) is 10.3 Å². The quantitative estimate of drug-likeness (QED) is 0.593. The first-order valence-electron chi connectivity index (χ1n) is 7.85. The molecule has 0 saturated heterocycles. The minimum absolute atomic E-state index is 0.0302. The number of rotatable bonds is 5. The molecule has 0 spiro atoms. The van der Waals surface area contributed by atoms with Gasteiger partial charge in [-0.3, -0.25) is 10.1 Å². The van der Waals surface area contributed by atoms with E-state index in [1.54, 1.807) is 42.6 Å². The van der Waals surface area contributed by atoms with Gasteiger partial charge in [0.2, 0.25) is 0 Å². The van der Waals surface area contributed by atoms with Gasteiger partial charge >= 0.3 is 0 Å². The van der Waals surface area contributed by atoms with Crippen LogP contribution in [0.1, 0.15) is 17.3 Å². The average molecular weight is 441 g/mol. The van der Waals surface area contributed by atoms with Gasteiger partial charge in [-0.25, -0.2) is 13.4 Å². The smallest absolute Gasteiger partial charge is 0.257 e. The van der Waals surface area contributed by atoms with E-state index in [-0.39, 0.29) is 16.2 Å². The second-order valence-corrected chi connectivity index (χ2v) is 9.50. The highest BCUT2D eigenvalue weighted by Gasteiger charge is 2.15. The average Bonchev–Trinajstić information content (AvgIpc) is 3.12. The van der Waals surface area contributed by atoms with E-state index in [9.17, 15) is 13.2 Å². The van der Waals surface area contributed by atoms with Crippen molar-refractivity contribution < 1.29 is 13.2 Å². The van der Waals surface area contributed by atoms with Crippen LogP contribution in [0.15, 0.2) is 52.7 Å². The third kappa shape index (κ3) is 4.50. The van der Waals surface area contributed by atoms with Gasteiger partial charge in [0.05, 0.1) is 26.4 Å². The molecule has 0 atom stereocenters. The van der Waals surface area contributed by atoms with E-state index < -0.39 is 15.7 Å². The first-order chi connectivity index (χ1) is 12.8. The third-order valence-corrected chi connectivity index (χ3v) is 7.00. The first-order valence-corrected chi connectivity index (χ1v) is 11.1. The van der Waals surface area contributed by atoms with E-state index >= 15 is 0 Å². The van der Waals surface area contributed by atoms with Crippen molar-refractivity contribution in [1.82, 2.24) is 4.98 Å². The van der Waals surface area contributed by atoms with Gasteiger partial charge in [0.25, 0.3) is 5.91 Å². The van der Waals surface area contributed by atoms with E-state index in [0.29, 0.717) is 20.9 Å². The van der Waals surface area contributed by atoms with E-state index in [1.807, 2.05) is 0 Å². The normalized spacial score (nSPS) is 11.4. The molecule has 0 unspecified atom stereocenters. The summed E-state index contributed by atoms with van der Waals surface area (Å²) >= 11 is 13.2. The molecule has 0 aliphatic carbocycles. The highest BCUT2D eigenvalue weighted by molar-refractivity contribution is 7.91. The summed E-state index contributed by atoms with van der Waals surface area (Å²) in [4.78, 5) is 16.9. The SMILES string of the molecule is CCS(=O)(=O)c1cccc(C(=O)Nc2nc(-c3ccc(Cl)c(Cl)c3)cs2)c1. The third-order valence-electron chi connectivity index (χ3n) is 3.78. The maximum Gasteiger partial charge on any atom is 0.257 e. The summed E-state index contributed by atoms with van der Waals surface area (Å²) < 4.78 is 24.0. The number of sulfone groups is 1. The Labute approximate surface area is 170 Å². The van der Waals surface area contributed by atoms with Gasteiger partial charge in [0.15, 0.2) is 15.0 Å². The molecule has 1 amide bonds. The number of carbonyl (C=O) groups is 1. The molecule has 0 bridgehead atoms. The molecule has 9 heteroatoms. The van der Waals surface area contributed by atoms with Crippen molar-refractivity contribution in [3.8, 4) is 11.3 Å². The predicted octanol–water partition coefficient (Wildman–Crippen LogP) is 5.16. The molecule has 1 heterocycles. The summed E-state index contributed by atoms with van der Waals surface area (Å²) in [7, 11) is -3.38. The summed E-state index contributed by atoms with van der Waals surface area (Å²) in [6.07, 6.45) is 0. The number of hydrogen-bond donors (Lipinski definition) is 1. The zero-order chi connectivity index (χ0) is 19.6. The van der Waals surface area contributed by atoms with Gasteiger partial charge in [0, 0.05) is 16.5 Å². The van der Waals surface area contributed by atoms with Crippen LogP contribution in [0.3, 0.4) is 0 Å². The molecule has 1 aromatic heterocycles. The Bertz CT molecular complexity index is 1110.